The van der Waals surface area contributed by atoms with Crippen LogP contribution in [0.1, 0.15) is 58.5 Å². The first-order valence-corrected chi connectivity index (χ1v) is 12.6. The van der Waals surface area contributed by atoms with Gasteiger partial charge in [0.2, 0.25) is 17.7 Å². The van der Waals surface area contributed by atoms with E-state index in [0.717, 1.165) is 24.8 Å². The number of methoxy groups -OCH3 is 2. The number of aromatic nitrogens is 2. The second kappa shape index (κ2) is 10.6. The summed E-state index contributed by atoms with van der Waals surface area (Å²) >= 11 is 0. The van der Waals surface area contributed by atoms with Gasteiger partial charge in [-0.15, -0.1) is 0 Å². The topological polar surface area (TPSA) is 140 Å². The molecule has 2 aromatic rings. The van der Waals surface area contributed by atoms with Crippen LogP contribution in [-0.2, 0) is 16.1 Å². The predicted octanol–water partition coefficient (Wildman–Crippen LogP) is 1.33. The number of fused-ring (bicyclic) bond motifs is 1. The standard InChI is InChI=1S/C26H29N5O7/c1-36-22-12-19(27-26(29-22)37-2)25(35)30-10-4-3-5-16(30)14-38-17-6-7-18-15(11-17)13-31(24(18)34)20-8-9-21(32)28-23(20)33/h6-7,11-12,16,20H,3-5,8-10,13-14H2,1-2H3,(H,28,32,33)/t16-,20?/m1/s1. The molecule has 0 radical (unpaired) electrons. The van der Waals surface area contributed by atoms with Crippen molar-refractivity contribution in [2.75, 3.05) is 27.4 Å². The minimum Gasteiger partial charge on any atom is -0.491 e. The largest absolute Gasteiger partial charge is 0.491 e. The zero-order valence-electron chi connectivity index (χ0n) is 21.3. The Hall–Kier alpha value is -4.22. The molecule has 3 aliphatic rings. The van der Waals surface area contributed by atoms with E-state index in [4.69, 9.17) is 14.2 Å². The fraction of sp³-hybridized carbons (Fsp3) is 0.462. The lowest BCUT2D eigenvalue weighted by Crippen LogP contribution is -2.52. The summed E-state index contributed by atoms with van der Waals surface area (Å²) < 4.78 is 16.4. The highest BCUT2D eigenvalue weighted by molar-refractivity contribution is 6.05. The van der Waals surface area contributed by atoms with Gasteiger partial charge in [0.25, 0.3) is 11.8 Å². The molecule has 2 fully saturated rings. The average molecular weight is 524 g/mol. The van der Waals surface area contributed by atoms with Crippen molar-refractivity contribution >= 4 is 23.6 Å². The molecule has 0 aliphatic carbocycles. The molecule has 1 aromatic heterocycles. The minimum absolute atomic E-state index is 0.0524. The van der Waals surface area contributed by atoms with Crippen LogP contribution in [0.4, 0.5) is 0 Å². The van der Waals surface area contributed by atoms with Crippen LogP contribution in [0.25, 0.3) is 0 Å². The molecular formula is C26H29N5O7. The van der Waals surface area contributed by atoms with Gasteiger partial charge >= 0.3 is 6.01 Å². The highest BCUT2D eigenvalue weighted by Crippen LogP contribution is 2.31. The Morgan fingerprint density at radius 2 is 1.92 bits per heavy atom. The highest BCUT2D eigenvalue weighted by atomic mass is 16.5. The molecule has 5 rings (SSSR count). The van der Waals surface area contributed by atoms with E-state index in [9.17, 15) is 19.2 Å². The van der Waals surface area contributed by atoms with Crippen molar-refractivity contribution < 1.29 is 33.4 Å². The van der Waals surface area contributed by atoms with Crippen molar-refractivity contribution in [2.45, 2.75) is 50.7 Å². The molecule has 1 aromatic carbocycles. The van der Waals surface area contributed by atoms with E-state index < -0.39 is 11.9 Å². The number of benzene rings is 1. The molecule has 1 N–H and O–H groups in total. The molecule has 2 saturated heterocycles. The molecule has 12 nitrogen and oxygen atoms in total. The molecule has 38 heavy (non-hydrogen) atoms. The van der Waals surface area contributed by atoms with Gasteiger partial charge in [-0.25, -0.2) is 0 Å². The van der Waals surface area contributed by atoms with Gasteiger partial charge < -0.3 is 24.0 Å². The van der Waals surface area contributed by atoms with E-state index in [-0.39, 0.29) is 60.9 Å². The van der Waals surface area contributed by atoms with Crippen molar-refractivity contribution in [3.63, 3.8) is 0 Å². The SMILES string of the molecule is COc1cc(C(=O)N2CCCC[C@@H]2COc2ccc3c(c2)CN(C2CCC(=O)NC2=O)C3=O)nc(OC)n1. The molecule has 0 saturated carbocycles. The number of amides is 4. The first-order valence-electron chi connectivity index (χ1n) is 12.6. The van der Waals surface area contributed by atoms with Crippen molar-refractivity contribution in [3.8, 4) is 17.6 Å². The third-order valence-electron chi connectivity index (χ3n) is 7.12. The Morgan fingerprint density at radius 1 is 1.08 bits per heavy atom. The summed E-state index contributed by atoms with van der Waals surface area (Å²) in [7, 11) is 2.89. The summed E-state index contributed by atoms with van der Waals surface area (Å²) in [6.45, 7) is 1.11. The monoisotopic (exact) mass is 523 g/mol. The first kappa shape index (κ1) is 25.4. The fourth-order valence-corrected chi connectivity index (χ4v) is 5.13. The molecule has 200 valence electrons. The van der Waals surface area contributed by atoms with E-state index in [1.165, 1.54) is 25.2 Å². The normalized spacial score (nSPS) is 21.2. The van der Waals surface area contributed by atoms with Gasteiger partial charge in [-0.2, -0.15) is 9.97 Å². The van der Waals surface area contributed by atoms with Gasteiger partial charge in [0.15, 0.2) is 0 Å². The van der Waals surface area contributed by atoms with Crippen LogP contribution in [0, 0.1) is 0 Å². The lowest BCUT2D eigenvalue weighted by Gasteiger charge is -2.35. The Kier molecular flexibility index (Phi) is 7.12. The summed E-state index contributed by atoms with van der Waals surface area (Å²) in [6, 6.07) is 5.92. The number of hydrogen-bond donors (Lipinski definition) is 1. The molecule has 4 heterocycles. The van der Waals surface area contributed by atoms with Crippen LogP contribution in [0.2, 0.25) is 0 Å². The number of piperidine rings is 2. The van der Waals surface area contributed by atoms with Gasteiger partial charge in [-0.1, -0.05) is 0 Å². The number of nitrogens with one attached hydrogen (secondary N) is 1. The zero-order valence-corrected chi connectivity index (χ0v) is 21.3. The van der Waals surface area contributed by atoms with Crippen LogP contribution in [0.5, 0.6) is 17.6 Å². The van der Waals surface area contributed by atoms with Crippen LogP contribution >= 0.6 is 0 Å². The third kappa shape index (κ3) is 4.98. The van der Waals surface area contributed by atoms with E-state index in [1.54, 1.807) is 23.1 Å². The smallest absolute Gasteiger partial charge is 0.320 e. The van der Waals surface area contributed by atoms with E-state index in [2.05, 4.69) is 15.3 Å². The maximum absolute atomic E-state index is 13.4. The van der Waals surface area contributed by atoms with Gasteiger partial charge in [0, 0.05) is 31.1 Å². The number of likely N-dealkylation sites (tertiary alicyclic amines) is 1. The zero-order chi connectivity index (χ0) is 26.8. The predicted molar refractivity (Wildman–Crippen MR) is 132 cm³/mol. The van der Waals surface area contributed by atoms with E-state index >= 15 is 0 Å². The van der Waals surface area contributed by atoms with Gasteiger partial charge in [-0.05, 0) is 49.4 Å². The average Bonchev–Trinajstić information content (AvgIpc) is 3.26. The molecule has 12 heteroatoms. The Balaban J connectivity index is 1.26. The molecule has 4 amide bonds. The summed E-state index contributed by atoms with van der Waals surface area (Å²) in [5.41, 5.74) is 1.46. The van der Waals surface area contributed by atoms with Gasteiger partial charge in [0.1, 0.15) is 24.1 Å². The molecule has 0 spiro atoms. The second-order valence-electron chi connectivity index (χ2n) is 9.46. The summed E-state index contributed by atoms with van der Waals surface area (Å²) in [4.78, 5) is 61.6. The second-order valence-corrected chi connectivity index (χ2v) is 9.46. The third-order valence-corrected chi connectivity index (χ3v) is 7.12. The Bertz CT molecular complexity index is 1260. The summed E-state index contributed by atoms with van der Waals surface area (Å²) in [5.74, 6) is -0.439. The molecule has 2 atom stereocenters. The number of carbonyl (C=O) groups is 4. The molecule has 3 aliphatic heterocycles. The summed E-state index contributed by atoms with van der Waals surface area (Å²) in [5, 5.41) is 2.31. The molecular weight excluding hydrogens is 494 g/mol. The highest BCUT2D eigenvalue weighted by Gasteiger charge is 2.39. The van der Waals surface area contributed by atoms with Gasteiger partial charge in [-0.3, -0.25) is 24.5 Å². The number of hydrogen-bond acceptors (Lipinski definition) is 9. The Morgan fingerprint density at radius 3 is 2.68 bits per heavy atom. The van der Waals surface area contributed by atoms with Gasteiger partial charge in [0.05, 0.1) is 20.3 Å². The molecule has 0 bridgehead atoms. The number of carbonyl (C=O) groups excluding carboxylic acids is 4. The van der Waals surface area contributed by atoms with Crippen LogP contribution in [-0.4, -0.2) is 82.9 Å². The van der Waals surface area contributed by atoms with Crippen molar-refractivity contribution in [3.05, 3.63) is 41.1 Å². The lowest BCUT2D eigenvalue weighted by atomic mass is 10.0. The van der Waals surface area contributed by atoms with Crippen LogP contribution in [0.3, 0.4) is 0 Å². The number of imide groups is 1. The number of ether oxygens (including phenoxy) is 3. The lowest BCUT2D eigenvalue weighted by molar-refractivity contribution is -0.136. The fourth-order valence-electron chi connectivity index (χ4n) is 5.13. The van der Waals surface area contributed by atoms with Crippen molar-refractivity contribution in [2.24, 2.45) is 0 Å². The van der Waals surface area contributed by atoms with Crippen molar-refractivity contribution in [1.82, 2.24) is 25.1 Å². The number of rotatable bonds is 7. The molecule has 1 unspecified atom stereocenters. The number of nitrogens with zero attached hydrogens (tertiary/aromatic N) is 4. The summed E-state index contributed by atoms with van der Waals surface area (Å²) in [6.07, 6.45) is 3.13. The van der Waals surface area contributed by atoms with Crippen LogP contribution in [0.15, 0.2) is 24.3 Å². The Labute approximate surface area is 219 Å². The first-order chi connectivity index (χ1) is 18.4. The maximum atomic E-state index is 13.4. The minimum atomic E-state index is -0.669. The van der Waals surface area contributed by atoms with E-state index in [1.807, 2.05) is 0 Å². The van der Waals surface area contributed by atoms with Crippen LogP contribution < -0.4 is 19.5 Å². The maximum Gasteiger partial charge on any atom is 0.320 e. The van der Waals surface area contributed by atoms with Crippen molar-refractivity contribution in [1.29, 1.82) is 0 Å². The van der Waals surface area contributed by atoms with E-state index in [0.29, 0.717) is 24.3 Å². The quantitative estimate of drug-likeness (QED) is 0.532.